The van der Waals surface area contributed by atoms with Gasteiger partial charge in [-0.15, -0.1) is 11.3 Å². The summed E-state index contributed by atoms with van der Waals surface area (Å²) in [5, 5.41) is 6.17. The van der Waals surface area contributed by atoms with Crippen molar-refractivity contribution in [3.8, 4) is 0 Å². The number of rotatable bonds is 5. The number of benzene rings is 1. The van der Waals surface area contributed by atoms with Gasteiger partial charge in [-0.2, -0.15) is 0 Å². The molecule has 3 rings (SSSR count). The molecule has 1 aromatic carbocycles. The van der Waals surface area contributed by atoms with E-state index in [0.717, 1.165) is 11.4 Å². The molecule has 6 nitrogen and oxygen atoms in total. The van der Waals surface area contributed by atoms with E-state index in [-0.39, 0.29) is 24.1 Å². The third-order valence-electron chi connectivity index (χ3n) is 3.54. The van der Waals surface area contributed by atoms with Gasteiger partial charge in [-0.1, -0.05) is 19.1 Å². The van der Waals surface area contributed by atoms with E-state index < -0.39 is 0 Å². The van der Waals surface area contributed by atoms with Gasteiger partial charge in [0.25, 0.3) is 5.56 Å². The summed E-state index contributed by atoms with van der Waals surface area (Å²) in [6, 6.07) is 6.96. The summed E-state index contributed by atoms with van der Waals surface area (Å²) in [5.41, 5.74) is 0.413. The first-order valence-electron chi connectivity index (χ1n) is 7.32. The number of fused-ring (bicyclic) bond motifs is 1. The Morgan fingerprint density at radius 1 is 1.35 bits per heavy atom. The molecule has 2 aromatic heterocycles. The van der Waals surface area contributed by atoms with Gasteiger partial charge in [-0.25, -0.2) is 9.97 Å². The lowest BCUT2D eigenvalue weighted by Crippen LogP contribution is -2.34. The number of thiazole rings is 1. The maximum absolute atomic E-state index is 12.4. The van der Waals surface area contributed by atoms with E-state index in [1.54, 1.807) is 24.4 Å². The van der Waals surface area contributed by atoms with Crippen LogP contribution in [0.25, 0.3) is 10.9 Å². The molecule has 118 valence electrons. The van der Waals surface area contributed by atoms with E-state index in [9.17, 15) is 9.59 Å². The van der Waals surface area contributed by atoms with Crippen molar-refractivity contribution < 1.29 is 4.79 Å². The Morgan fingerprint density at radius 2 is 2.17 bits per heavy atom. The van der Waals surface area contributed by atoms with E-state index in [4.69, 9.17) is 0 Å². The Bertz CT molecular complexity index is 873. The molecule has 0 saturated heterocycles. The summed E-state index contributed by atoms with van der Waals surface area (Å²) < 4.78 is 1.33. The molecule has 23 heavy (non-hydrogen) atoms. The Balaban J connectivity index is 1.78. The summed E-state index contributed by atoms with van der Waals surface area (Å²) in [5.74, 6) is -0.230. The Morgan fingerprint density at radius 3 is 2.91 bits per heavy atom. The van der Waals surface area contributed by atoms with Gasteiger partial charge in [0.05, 0.1) is 23.3 Å². The predicted molar refractivity (Wildman–Crippen MR) is 89.3 cm³/mol. The van der Waals surface area contributed by atoms with Crippen molar-refractivity contribution in [1.29, 1.82) is 0 Å². The van der Waals surface area contributed by atoms with Crippen LogP contribution in [0.4, 0.5) is 0 Å². The van der Waals surface area contributed by atoms with Gasteiger partial charge in [0, 0.05) is 11.6 Å². The van der Waals surface area contributed by atoms with Crippen LogP contribution in [0.5, 0.6) is 0 Å². The van der Waals surface area contributed by atoms with Gasteiger partial charge in [0.2, 0.25) is 5.91 Å². The molecule has 1 N–H and O–H groups in total. The van der Waals surface area contributed by atoms with Gasteiger partial charge in [0.1, 0.15) is 11.6 Å². The van der Waals surface area contributed by atoms with E-state index >= 15 is 0 Å². The smallest absolute Gasteiger partial charge is 0.261 e. The molecule has 0 saturated carbocycles. The molecule has 0 aliphatic rings. The first-order valence-corrected chi connectivity index (χ1v) is 8.20. The lowest BCUT2D eigenvalue weighted by molar-refractivity contribution is -0.122. The molecule has 0 radical (unpaired) electrons. The zero-order valence-electron chi connectivity index (χ0n) is 12.6. The summed E-state index contributed by atoms with van der Waals surface area (Å²) in [6.07, 6.45) is 3.87. The molecule has 0 fully saturated rings. The zero-order chi connectivity index (χ0) is 16.2. The van der Waals surface area contributed by atoms with Crippen LogP contribution in [0.3, 0.4) is 0 Å². The summed E-state index contributed by atoms with van der Waals surface area (Å²) in [4.78, 5) is 33.1. The lowest BCUT2D eigenvalue weighted by atomic mass is 10.2. The summed E-state index contributed by atoms with van der Waals surface area (Å²) in [7, 11) is 0. The second-order valence-electron chi connectivity index (χ2n) is 5.09. The SMILES string of the molecule is CC[C@H](NC(=O)Cn1cnc2ccccc2c1=O)c1nccs1. The molecule has 0 spiro atoms. The molecule has 0 unspecified atom stereocenters. The van der Waals surface area contributed by atoms with Crippen molar-refractivity contribution in [2.75, 3.05) is 0 Å². The topological polar surface area (TPSA) is 76.9 Å². The largest absolute Gasteiger partial charge is 0.345 e. The van der Waals surface area contributed by atoms with E-state index in [1.807, 2.05) is 18.4 Å². The van der Waals surface area contributed by atoms with Crippen LogP contribution in [0, 0.1) is 0 Å². The lowest BCUT2D eigenvalue weighted by Gasteiger charge is -2.15. The predicted octanol–water partition coefficient (Wildman–Crippen LogP) is 2.12. The molecule has 1 atom stereocenters. The van der Waals surface area contributed by atoms with Crippen molar-refractivity contribution in [2.24, 2.45) is 0 Å². The molecule has 1 amide bonds. The minimum Gasteiger partial charge on any atom is -0.345 e. The molecule has 0 bridgehead atoms. The quantitative estimate of drug-likeness (QED) is 0.778. The maximum atomic E-state index is 12.4. The van der Waals surface area contributed by atoms with Gasteiger partial charge in [-0.05, 0) is 18.6 Å². The van der Waals surface area contributed by atoms with Crippen molar-refractivity contribution in [3.05, 3.63) is 57.5 Å². The van der Waals surface area contributed by atoms with Gasteiger partial charge < -0.3 is 5.32 Å². The van der Waals surface area contributed by atoms with Gasteiger partial charge in [0.15, 0.2) is 0 Å². The second-order valence-corrected chi connectivity index (χ2v) is 6.02. The Kier molecular flexibility index (Phi) is 4.47. The fourth-order valence-corrected chi connectivity index (χ4v) is 3.13. The Hall–Kier alpha value is -2.54. The highest BCUT2D eigenvalue weighted by atomic mass is 32.1. The molecule has 0 aliphatic carbocycles. The minimum atomic E-state index is -0.230. The molecule has 3 aromatic rings. The first kappa shape index (κ1) is 15.4. The fraction of sp³-hybridized carbons (Fsp3) is 0.250. The standard InChI is InChI=1S/C16H16N4O2S/c1-2-12(15-17-7-8-23-15)19-14(21)9-20-10-18-13-6-4-3-5-11(13)16(20)22/h3-8,10,12H,2,9H2,1H3,(H,19,21)/t12-/m0/s1. The normalized spacial score (nSPS) is 12.2. The van der Waals surface area contributed by atoms with Crippen molar-refractivity contribution >= 4 is 28.1 Å². The number of carbonyl (C=O) groups excluding carboxylic acids is 1. The number of nitrogens with zero attached hydrogens (tertiary/aromatic N) is 3. The number of para-hydroxylation sites is 1. The van der Waals surface area contributed by atoms with Crippen molar-refractivity contribution in [3.63, 3.8) is 0 Å². The third-order valence-corrected chi connectivity index (χ3v) is 4.43. The van der Waals surface area contributed by atoms with Crippen LogP contribution in [-0.4, -0.2) is 20.4 Å². The zero-order valence-corrected chi connectivity index (χ0v) is 13.4. The number of aromatic nitrogens is 3. The second kappa shape index (κ2) is 6.70. The van der Waals surface area contributed by atoms with Crippen LogP contribution in [0.15, 0.2) is 47.0 Å². The van der Waals surface area contributed by atoms with Gasteiger partial charge in [-0.3, -0.25) is 14.2 Å². The van der Waals surface area contributed by atoms with Crippen LogP contribution in [-0.2, 0) is 11.3 Å². The number of carbonyl (C=O) groups is 1. The molecule has 2 heterocycles. The van der Waals surface area contributed by atoms with Gasteiger partial charge >= 0.3 is 0 Å². The number of hydrogen-bond donors (Lipinski definition) is 1. The van der Waals surface area contributed by atoms with E-state index in [0.29, 0.717) is 10.9 Å². The summed E-state index contributed by atoms with van der Waals surface area (Å²) in [6.45, 7) is 1.93. The average Bonchev–Trinajstić information content (AvgIpc) is 3.10. The van der Waals surface area contributed by atoms with Crippen molar-refractivity contribution in [2.45, 2.75) is 25.9 Å². The number of hydrogen-bond acceptors (Lipinski definition) is 5. The molecular formula is C16H16N4O2S. The Labute approximate surface area is 136 Å². The fourth-order valence-electron chi connectivity index (χ4n) is 2.36. The highest BCUT2D eigenvalue weighted by Gasteiger charge is 2.16. The third kappa shape index (κ3) is 3.29. The summed E-state index contributed by atoms with van der Waals surface area (Å²) >= 11 is 1.50. The van der Waals surface area contributed by atoms with Crippen LogP contribution >= 0.6 is 11.3 Å². The van der Waals surface area contributed by atoms with Crippen LogP contribution in [0.2, 0.25) is 0 Å². The molecule has 7 heteroatoms. The van der Waals surface area contributed by atoms with Crippen LogP contribution in [0.1, 0.15) is 24.4 Å². The van der Waals surface area contributed by atoms with E-state index in [2.05, 4.69) is 15.3 Å². The average molecular weight is 328 g/mol. The first-order chi connectivity index (χ1) is 11.2. The number of nitrogens with one attached hydrogen (secondary N) is 1. The molecular weight excluding hydrogens is 312 g/mol. The maximum Gasteiger partial charge on any atom is 0.261 e. The highest BCUT2D eigenvalue weighted by Crippen LogP contribution is 2.18. The van der Waals surface area contributed by atoms with E-state index in [1.165, 1.54) is 22.2 Å². The monoisotopic (exact) mass is 328 g/mol. The van der Waals surface area contributed by atoms with Crippen LogP contribution < -0.4 is 10.9 Å². The minimum absolute atomic E-state index is 0.0570. The van der Waals surface area contributed by atoms with Crippen molar-refractivity contribution in [1.82, 2.24) is 19.9 Å². The number of amides is 1. The molecule has 0 aliphatic heterocycles. The highest BCUT2D eigenvalue weighted by molar-refractivity contribution is 7.09.